The second-order valence-corrected chi connectivity index (χ2v) is 8.09. The number of benzene rings is 2. The lowest BCUT2D eigenvalue weighted by molar-refractivity contribution is 0.0958. The van der Waals surface area contributed by atoms with Crippen LogP contribution in [0.5, 0.6) is 0 Å². The van der Waals surface area contributed by atoms with Crippen LogP contribution in [-0.4, -0.2) is 15.3 Å². The third-order valence-electron chi connectivity index (χ3n) is 5.93. The van der Waals surface area contributed by atoms with Gasteiger partial charge in [-0.25, -0.2) is 4.98 Å². The van der Waals surface area contributed by atoms with E-state index in [1.165, 1.54) is 27.8 Å². The van der Waals surface area contributed by atoms with E-state index in [0.29, 0.717) is 12.1 Å². The zero-order chi connectivity index (χ0) is 19.8. The van der Waals surface area contributed by atoms with Gasteiger partial charge in [-0.15, -0.1) is 0 Å². The number of ketones is 1. The van der Waals surface area contributed by atoms with Gasteiger partial charge in [0.15, 0.2) is 5.78 Å². The fraction of sp³-hybridized carbons (Fsp3) is 0.360. The van der Waals surface area contributed by atoms with Gasteiger partial charge in [-0.3, -0.25) is 4.79 Å². The zero-order valence-corrected chi connectivity index (χ0v) is 17.2. The molecule has 0 spiro atoms. The molecule has 0 bridgehead atoms. The number of hydrogen-bond donors (Lipinski definition) is 0. The molecule has 0 radical (unpaired) electrons. The maximum atomic E-state index is 13.0. The quantitative estimate of drug-likeness (QED) is 0.620. The van der Waals surface area contributed by atoms with Crippen LogP contribution < -0.4 is 0 Å². The molecule has 1 aliphatic rings. The summed E-state index contributed by atoms with van der Waals surface area (Å²) in [6.45, 7) is 9.38. The molecule has 3 nitrogen and oxygen atoms in total. The number of carbonyl (C=O) groups is 1. The number of aryl methyl sites for hydroxylation is 4. The Morgan fingerprint density at radius 2 is 1.71 bits per heavy atom. The largest absolute Gasteiger partial charge is 0.327 e. The molecule has 0 saturated carbocycles. The molecule has 1 aromatic heterocycles. The monoisotopic (exact) mass is 372 g/mol. The number of hydrogen-bond acceptors (Lipinski definition) is 2. The zero-order valence-electron chi connectivity index (χ0n) is 17.2. The van der Waals surface area contributed by atoms with Crippen molar-refractivity contribution in [2.45, 2.75) is 59.4 Å². The Kier molecular flexibility index (Phi) is 4.92. The van der Waals surface area contributed by atoms with Gasteiger partial charge in [0.05, 0.1) is 0 Å². The molecule has 0 N–H and O–H groups in total. The molecule has 3 heteroatoms. The van der Waals surface area contributed by atoms with E-state index in [-0.39, 0.29) is 11.7 Å². The summed E-state index contributed by atoms with van der Waals surface area (Å²) in [6, 6.07) is 14.9. The summed E-state index contributed by atoms with van der Waals surface area (Å²) < 4.78 is 2.29. The van der Waals surface area contributed by atoms with E-state index in [4.69, 9.17) is 4.98 Å². The van der Waals surface area contributed by atoms with Crippen molar-refractivity contribution in [3.63, 3.8) is 0 Å². The molecule has 1 atom stereocenters. The smallest absolute Gasteiger partial charge is 0.183 e. The predicted octanol–water partition coefficient (Wildman–Crippen LogP) is 5.33. The minimum atomic E-state index is 0.187. The van der Waals surface area contributed by atoms with Crippen molar-refractivity contribution in [3.05, 3.63) is 87.5 Å². The van der Waals surface area contributed by atoms with Gasteiger partial charge in [-0.2, -0.15) is 0 Å². The summed E-state index contributed by atoms with van der Waals surface area (Å²) in [6.07, 6.45) is 2.27. The molecule has 2 aromatic carbocycles. The SMILES string of the molecule is CCc1nc2c(n1Cc1ccccc1)CC(c1c(C)cc(C)cc1C)CC2=O. The van der Waals surface area contributed by atoms with Crippen molar-refractivity contribution in [2.75, 3.05) is 0 Å². The second kappa shape index (κ2) is 7.38. The maximum Gasteiger partial charge on any atom is 0.183 e. The lowest BCUT2D eigenvalue weighted by atomic mass is 9.79. The maximum absolute atomic E-state index is 13.0. The second-order valence-electron chi connectivity index (χ2n) is 8.09. The van der Waals surface area contributed by atoms with Gasteiger partial charge in [0.2, 0.25) is 0 Å². The first kappa shape index (κ1) is 18.7. The van der Waals surface area contributed by atoms with Crippen LogP contribution in [0.2, 0.25) is 0 Å². The Balaban J connectivity index is 1.77. The number of aromatic nitrogens is 2. The van der Waals surface area contributed by atoms with Crippen molar-refractivity contribution in [3.8, 4) is 0 Å². The molecule has 28 heavy (non-hydrogen) atoms. The van der Waals surface area contributed by atoms with Gasteiger partial charge in [-0.1, -0.05) is 55.0 Å². The van der Waals surface area contributed by atoms with Crippen LogP contribution >= 0.6 is 0 Å². The number of rotatable bonds is 4. The van der Waals surface area contributed by atoms with Crippen LogP contribution in [0.3, 0.4) is 0 Å². The predicted molar refractivity (Wildman–Crippen MR) is 113 cm³/mol. The van der Waals surface area contributed by atoms with Crippen molar-refractivity contribution in [1.29, 1.82) is 0 Å². The Morgan fingerprint density at radius 1 is 1.04 bits per heavy atom. The van der Waals surface area contributed by atoms with Gasteiger partial charge < -0.3 is 4.57 Å². The molecule has 0 amide bonds. The third kappa shape index (κ3) is 3.30. The minimum Gasteiger partial charge on any atom is -0.327 e. The first-order chi connectivity index (χ1) is 13.5. The Bertz CT molecular complexity index is 1010. The summed E-state index contributed by atoms with van der Waals surface area (Å²) in [5.74, 6) is 1.43. The van der Waals surface area contributed by atoms with Crippen molar-refractivity contribution >= 4 is 5.78 Å². The molecule has 4 rings (SSSR count). The van der Waals surface area contributed by atoms with Gasteiger partial charge >= 0.3 is 0 Å². The number of nitrogens with zero attached hydrogens (tertiary/aromatic N) is 2. The highest BCUT2D eigenvalue weighted by atomic mass is 16.1. The summed E-state index contributed by atoms with van der Waals surface area (Å²) in [5, 5.41) is 0. The average Bonchev–Trinajstić information content (AvgIpc) is 3.00. The van der Waals surface area contributed by atoms with E-state index >= 15 is 0 Å². The van der Waals surface area contributed by atoms with Gasteiger partial charge in [0, 0.05) is 25.1 Å². The van der Waals surface area contributed by atoms with E-state index in [2.05, 4.69) is 68.7 Å². The molecule has 1 unspecified atom stereocenters. The average molecular weight is 373 g/mol. The van der Waals surface area contributed by atoms with E-state index in [9.17, 15) is 4.79 Å². The molecule has 1 heterocycles. The normalized spacial score (nSPS) is 16.3. The van der Waals surface area contributed by atoms with Crippen LogP contribution in [0.25, 0.3) is 0 Å². The van der Waals surface area contributed by atoms with E-state index in [1.54, 1.807) is 0 Å². The van der Waals surface area contributed by atoms with Crippen LogP contribution in [0.15, 0.2) is 42.5 Å². The van der Waals surface area contributed by atoms with Gasteiger partial charge in [-0.05, 0) is 55.4 Å². The standard InChI is InChI=1S/C25H28N2O/c1-5-23-26-25-21(27(23)15-19-9-7-6-8-10-19)13-20(14-22(25)28)24-17(3)11-16(2)12-18(24)4/h6-12,20H,5,13-15H2,1-4H3. The number of fused-ring (bicyclic) bond motifs is 1. The first-order valence-electron chi connectivity index (χ1n) is 10.2. The fourth-order valence-corrected chi connectivity index (χ4v) is 4.86. The number of Topliss-reactive ketones (excluding diaryl/α,β-unsaturated/α-hetero) is 1. The lowest BCUT2D eigenvalue weighted by Crippen LogP contribution is -2.22. The molecule has 0 saturated heterocycles. The van der Waals surface area contributed by atoms with Gasteiger partial charge in [0.1, 0.15) is 11.5 Å². The van der Waals surface area contributed by atoms with Gasteiger partial charge in [0.25, 0.3) is 0 Å². The molecule has 1 aliphatic carbocycles. The van der Waals surface area contributed by atoms with E-state index < -0.39 is 0 Å². The third-order valence-corrected chi connectivity index (χ3v) is 5.93. The Labute approximate surface area is 167 Å². The Hall–Kier alpha value is -2.68. The molecular formula is C25H28N2O. The highest BCUT2D eigenvalue weighted by molar-refractivity contribution is 5.97. The van der Waals surface area contributed by atoms with Crippen molar-refractivity contribution < 1.29 is 4.79 Å². The summed E-state index contributed by atoms with van der Waals surface area (Å²) in [5.41, 5.74) is 8.27. The van der Waals surface area contributed by atoms with Crippen molar-refractivity contribution in [2.24, 2.45) is 0 Å². The number of imidazole rings is 1. The molecule has 0 fully saturated rings. The molecular weight excluding hydrogens is 344 g/mol. The fourth-order valence-electron chi connectivity index (χ4n) is 4.86. The summed E-state index contributed by atoms with van der Waals surface area (Å²) >= 11 is 0. The first-order valence-corrected chi connectivity index (χ1v) is 10.2. The van der Waals surface area contributed by atoms with E-state index in [1.807, 2.05) is 6.07 Å². The Morgan fingerprint density at radius 3 is 2.36 bits per heavy atom. The summed E-state index contributed by atoms with van der Waals surface area (Å²) in [7, 11) is 0. The lowest BCUT2D eigenvalue weighted by Gasteiger charge is -2.26. The number of carbonyl (C=O) groups excluding carboxylic acids is 1. The molecule has 3 aromatic rings. The highest BCUT2D eigenvalue weighted by Gasteiger charge is 2.33. The molecule has 0 aliphatic heterocycles. The van der Waals surface area contributed by atoms with E-state index in [0.717, 1.165) is 30.9 Å². The highest BCUT2D eigenvalue weighted by Crippen LogP contribution is 2.37. The summed E-state index contributed by atoms with van der Waals surface area (Å²) in [4.78, 5) is 17.8. The van der Waals surface area contributed by atoms with Crippen LogP contribution in [0, 0.1) is 20.8 Å². The topological polar surface area (TPSA) is 34.9 Å². The minimum absolute atomic E-state index is 0.187. The van der Waals surface area contributed by atoms with Crippen molar-refractivity contribution in [1.82, 2.24) is 9.55 Å². The van der Waals surface area contributed by atoms with Crippen LogP contribution in [-0.2, 0) is 19.4 Å². The van der Waals surface area contributed by atoms with Crippen LogP contribution in [0.4, 0.5) is 0 Å². The molecule has 144 valence electrons. The van der Waals surface area contributed by atoms with Crippen LogP contribution in [0.1, 0.15) is 69.1 Å².